The summed E-state index contributed by atoms with van der Waals surface area (Å²) in [6.07, 6.45) is 0.325. The Kier molecular flexibility index (Phi) is 5.62. The van der Waals surface area contributed by atoms with Crippen LogP contribution in [0.5, 0.6) is 0 Å². The first-order valence-corrected chi connectivity index (χ1v) is 3.88. The molecule has 0 aliphatic heterocycles. The van der Waals surface area contributed by atoms with E-state index in [9.17, 15) is 9.59 Å². The molecular weight excluding hydrogens is 176 g/mol. The number of carbonyl (C=O) groups excluding carboxylic acids is 1. The van der Waals surface area contributed by atoms with Gasteiger partial charge in [0.1, 0.15) is 6.04 Å². The summed E-state index contributed by atoms with van der Waals surface area (Å²) in [5.41, 5.74) is 5.22. The van der Waals surface area contributed by atoms with E-state index in [0.29, 0.717) is 19.4 Å². The molecule has 0 spiro atoms. The van der Waals surface area contributed by atoms with Gasteiger partial charge in [-0.25, -0.2) is 4.79 Å². The van der Waals surface area contributed by atoms with E-state index < -0.39 is 18.1 Å². The first-order valence-electron chi connectivity index (χ1n) is 3.88. The number of carboxylic acids is 1. The number of hydrogen-bond acceptors (Lipinski definition) is 4. The largest absolute Gasteiger partial charge is 0.480 e. The van der Waals surface area contributed by atoms with E-state index in [4.69, 9.17) is 10.8 Å². The highest BCUT2D eigenvalue weighted by atomic mass is 16.5. The lowest BCUT2D eigenvalue weighted by atomic mass is 10.2. The second kappa shape index (κ2) is 6.24. The summed E-state index contributed by atoms with van der Waals surface area (Å²) in [4.78, 5) is 20.8. The minimum absolute atomic E-state index is 0.333. The smallest absolute Gasteiger partial charge is 0.406 e. The van der Waals surface area contributed by atoms with Crippen molar-refractivity contribution in [3.8, 4) is 0 Å². The number of methoxy groups -OCH3 is 1. The molecule has 0 aromatic rings. The molecule has 0 bridgehead atoms. The Hall–Kier alpha value is -1.30. The number of alkyl carbamates (subject to hydrolysis) is 1. The van der Waals surface area contributed by atoms with E-state index in [0.717, 1.165) is 0 Å². The van der Waals surface area contributed by atoms with Crippen LogP contribution in [0.2, 0.25) is 0 Å². The van der Waals surface area contributed by atoms with Crippen molar-refractivity contribution in [1.29, 1.82) is 0 Å². The zero-order chi connectivity index (χ0) is 10.3. The summed E-state index contributed by atoms with van der Waals surface area (Å²) in [5.74, 6) is -1.03. The number of aliphatic carboxylic acids is 1. The molecule has 0 rings (SSSR count). The Bertz CT molecular complexity index is 183. The average Bonchev–Trinajstić information content (AvgIpc) is 2.11. The van der Waals surface area contributed by atoms with Crippen molar-refractivity contribution in [3.63, 3.8) is 0 Å². The van der Waals surface area contributed by atoms with Crippen LogP contribution in [-0.2, 0) is 9.53 Å². The number of amides is 1. The van der Waals surface area contributed by atoms with Gasteiger partial charge in [0.2, 0.25) is 0 Å². The summed E-state index contributed by atoms with van der Waals surface area (Å²) in [5, 5.41) is 10.8. The van der Waals surface area contributed by atoms with Crippen LogP contribution in [0.4, 0.5) is 4.79 Å². The van der Waals surface area contributed by atoms with Gasteiger partial charge in [0.25, 0.3) is 0 Å². The van der Waals surface area contributed by atoms with Crippen LogP contribution < -0.4 is 11.1 Å². The maximum Gasteiger partial charge on any atom is 0.406 e. The molecule has 6 nitrogen and oxygen atoms in total. The van der Waals surface area contributed by atoms with Gasteiger partial charge >= 0.3 is 12.1 Å². The maximum absolute atomic E-state index is 10.5. The van der Waals surface area contributed by atoms with E-state index >= 15 is 0 Å². The zero-order valence-electron chi connectivity index (χ0n) is 7.45. The summed E-state index contributed by atoms with van der Waals surface area (Å²) >= 11 is 0. The third-order valence-corrected chi connectivity index (χ3v) is 1.46. The van der Waals surface area contributed by atoms with Gasteiger partial charge in [0.05, 0.1) is 7.11 Å². The molecule has 0 radical (unpaired) electrons. The normalized spacial score (nSPS) is 11.8. The lowest BCUT2D eigenvalue weighted by molar-refractivity contribution is -0.138. The van der Waals surface area contributed by atoms with Crippen molar-refractivity contribution >= 4 is 12.1 Å². The van der Waals surface area contributed by atoms with Gasteiger partial charge in [-0.15, -0.1) is 0 Å². The fourth-order valence-electron chi connectivity index (χ4n) is 0.708. The highest BCUT2D eigenvalue weighted by Gasteiger charge is 2.10. The molecule has 76 valence electrons. The molecule has 1 atom stereocenters. The van der Waals surface area contributed by atoms with Gasteiger partial charge in [0, 0.05) is 6.54 Å². The van der Waals surface area contributed by atoms with Gasteiger partial charge in [-0.05, 0) is 12.8 Å². The molecule has 0 aliphatic carbocycles. The molecule has 1 amide bonds. The zero-order valence-corrected chi connectivity index (χ0v) is 7.45. The van der Waals surface area contributed by atoms with Gasteiger partial charge in [0.15, 0.2) is 0 Å². The first-order chi connectivity index (χ1) is 6.07. The molecule has 6 heteroatoms. The van der Waals surface area contributed by atoms with Crippen molar-refractivity contribution in [1.82, 2.24) is 5.32 Å². The molecule has 13 heavy (non-hydrogen) atoms. The van der Waals surface area contributed by atoms with Gasteiger partial charge < -0.3 is 20.9 Å². The Labute approximate surface area is 76.0 Å². The minimum Gasteiger partial charge on any atom is -0.480 e. The number of ether oxygens (including phenoxy) is 1. The minimum atomic E-state index is -1.03. The first kappa shape index (κ1) is 11.7. The van der Waals surface area contributed by atoms with Crippen LogP contribution in [0.15, 0.2) is 0 Å². The standard InChI is InChI=1S/C7H14N2O4/c1-13-7(12)9-4-2-3-5(8)6(10)11/h5H,2-4,8H2,1H3,(H,9,12)(H,10,11)/t5-/m0/s1. The van der Waals surface area contributed by atoms with Crippen molar-refractivity contribution in [2.24, 2.45) is 5.73 Å². The van der Waals surface area contributed by atoms with E-state index in [1.165, 1.54) is 7.11 Å². The molecule has 0 saturated carbocycles. The van der Waals surface area contributed by atoms with Gasteiger partial charge in [-0.2, -0.15) is 0 Å². The summed E-state index contributed by atoms with van der Waals surface area (Å²) in [6.45, 7) is 0.369. The molecule has 0 aliphatic rings. The number of nitrogens with two attached hydrogens (primary N) is 1. The number of hydrogen-bond donors (Lipinski definition) is 3. The molecule has 0 heterocycles. The molecule has 0 aromatic heterocycles. The monoisotopic (exact) mass is 190 g/mol. The van der Waals surface area contributed by atoms with Crippen LogP contribution in [0.3, 0.4) is 0 Å². The molecule has 0 unspecified atom stereocenters. The van der Waals surface area contributed by atoms with Crippen LogP contribution in [0.25, 0.3) is 0 Å². The summed E-state index contributed by atoms with van der Waals surface area (Å²) < 4.78 is 4.31. The lowest BCUT2D eigenvalue weighted by Crippen LogP contribution is -2.32. The van der Waals surface area contributed by atoms with Crippen LogP contribution in [0.1, 0.15) is 12.8 Å². The average molecular weight is 190 g/mol. The van der Waals surface area contributed by atoms with Crippen molar-refractivity contribution < 1.29 is 19.4 Å². The highest BCUT2D eigenvalue weighted by molar-refractivity contribution is 5.73. The Morgan fingerprint density at radius 2 is 2.23 bits per heavy atom. The molecule has 0 saturated heterocycles. The third kappa shape index (κ3) is 5.92. The topological polar surface area (TPSA) is 102 Å². The maximum atomic E-state index is 10.5. The summed E-state index contributed by atoms with van der Waals surface area (Å²) in [6, 6.07) is -0.862. The van der Waals surface area contributed by atoms with E-state index in [-0.39, 0.29) is 0 Å². The number of carbonyl (C=O) groups is 2. The van der Waals surface area contributed by atoms with Crippen LogP contribution in [-0.4, -0.2) is 36.9 Å². The molecule has 0 fully saturated rings. The van der Waals surface area contributed by atoms with E-state index in [2.05, 4.69) is 10.1 Å². The predicted octanol–water partition coefficient (Wildman–Crippen LogP) is -0.465. The van der Waals surface area contributed by atoms with Crippen molar-refractivity contribution in [2.45, 2.75) is 18.9 Å². The third-order valence-electron chi connectivity index (χ3n) is 1.46. The van der Waals surface area contributed by atoms with Crippen molar-refractivity contribution in [2.75, 3.05) is 13.7 Å². The fourth-order valence-corrected chi connectivity index (χ4v) is 0.708. The van der Waals surface area contributed by atoms with Crippen LogP contribution >= 0.6 is 0 Å². The number of rotatable bonds is 5. The molecular formula is C7H14N2O4. The number of carboxylic acid groups (broad SMARTS) is 1. The Balaban J connectivity index is 3.35. The summed E-state index contributed by atoms with van der Waals surface area (Å²) in [7, 11) is 1.26. The molecule has 4 N–H and O–H groups in total. The van der Waals surface area contributed by atoms with Gasteiger partial charge in [-0.3, -0.25) is 4.79 Å². The number of nitrogens with one attached hydrogen (secondary N) is 1. The highest BCUT2D eigenvalue weighted by Crippen LogP contribution is 1.92. The SMILES string of the molecule is COC(=O)NCCC[C@H](N)C(=O)O. The van der Waals surface area contributed by atoms with E-state index in [1.807, 2.05) is 0 Å². The van der Waals surface area contributed by atoms with Gasteiger partial charge in [-0.1, -0.05) is 0 Å². The second-order valence-electron chi connectivity index (χ2n) is 2.51. The Morgan fingerprint density at radius 1 is 1.62 bits per heavy atom. The van der Waals surface area contributed by atoms with Crippen LogP contribution in [0, 0.1) is 0 Å². The second-order valence-corrected chi connectivity index (χ2v) is 2.51. The fraction of sp³-hybridized carbons (Fsp3) is 0.714. The predicted molar refractivity (Wildman–Crippen MR) is 45.3 cm³/mol. The van der Waals surface area contributed by atoms with E-state index in [1.54, 1.807) is 0 Å². The van der Waals surface area contributed by atoms with Crippen molar-refractivity contribution in [3.05, 3.63) is 0 Å². The quantitative estimate of drug-likeness (QED) is 0.509. The molecule has 0 aromatic carbocycles. The lowest BCUT2D eigenvalue weighted by Gasteiger charge is -2.06. The Morgan fingerprint density at radius 3 is 2.69 bits per heavy atom.